The highest BCUT2D eigenvalue weighted by atomic mass is 31.2. The van der Waals surface area contributed by atoms with Gasteiger partial charge in [0.05, 0.1) is 13.2 Å². The molecule has 0 aromatic rings. The lowest BCUT2D eigenvalue weighted by atomic mass is 10.0. The highest BCUT2D eigenvalue weighted by molar-refractivity contribution is 7.47. The summed E-state index contributed by atoms with van der Waals surface area (Å²) in [6.07, 6.45) is 82.3. The number of phosphoric acid groups is 1. The lowest BCUT2D eigenvalue weighted by Crippen LogP contribution is -2.29. The van der Waals surface area contributed by atoms with Crippen LogP contribution in [0.1, 0.15) is 296 Å². The molecule has 0 aromatic carbocycles. The maximum Gasteiger partial charge on any atom is 0.472 e. The number of allylic oxidation sites excluding steroid dienone is 14. The van der Waals surface area contributed by atoms with Crippen LogP contribution in [-0.4, -0.2) is 49.3 Å². The van der Waals surface area contributed by atoms with Crippen molar-refractivity contribution >= 4 is 19.8 Å². The quantitative estimate of drug-likeness (QED) is 0.0264. The zero-order chi connectivity index (χ0) is 55.9. The Balaban J connectivity index is 3.91. The SMILES string of the molecule is CC/C=C\C/C=C\C/C=C\C/C=C\C/C=C\CCCCCCCCCCCC(=O)OC(COC(=O)CCCCCCCCCCCCCCCCCCCCC/C=C\C/C=C\CCCCCCC)COP(=O)(O)OCCN. The summed E-state index contributed by atoms with van der Waals surface area (Å²) in [5, 5.41) is 0. The van der Waals surface area contributed by atoms with E-state index in [2.05, 4.69) is 98.9 Å². The molecule has 10 heteroatoms. The summed E-state index contributed by atoms with van der Waals surface area (Å²) in [5.74, 6) is -0.827. The van der Waals surface area contributed by atoms with Crippen LogP contribution in [0.25, 0.3) is 0 Å². The molecule has 0 aliphatic rings. The molecule has 0 rings (SSSR count). The van der Waals surface area contributed by atoms with E-state index in [1.807, 2.05) is 0 Å². The fourth-order valence-corrected chi connectivity index (χ4v) is 9.81. The van der Waals surface area contributed by atoms with Gasteiger partial charge in [0.2, 0.25) is 0 Å². The van der Waals surface area contributed by atoms with E-state index in [0.29, 0.717) is 6.42 Å². The Morgan fingerprint density at radius 3 is 1.06 bits per heavy atom. The standard InChI is InChI=1S/C67H120NO8P/c1-3-5-7-9-11-13-15-17-19-21-23-25-27-29-30-31-32-33-34-36-37-39-41-43-45-47-49-51-53-55-57-59-66(69)73-63-65(64-75-77(71,72)74-62-61-68)76-67(70)60-58-56-54-52-50-48-46-44-42-40-38-35-28-26-24-22-20-18-16-14-12-10-8-6-4-2/h6,8,12,14-15,17-18,20-21,23-24,26,35,38,65H,3-5,7,9-11,13,16,19,22,25,27-34,36-37,39-64,68H2,1-2H3,(H,71,72)/b8-6-,14-12-,17-15-,20-18-,23-21-,26-24-,38-35-. The van der Waals surface area contributed by atoms with Crippen LogP contribution in [0.4, 0.5) is 0 Å². The Labute approximate surface area is 474 Å². The third-order valence-electron chi connectivity index (χ3n) is 13.8. The second kappa shape index (κ2) is 62.4. The molecule has 9 nitrogen and oxygen atoms in total. The van der Waals surface area contributed by atoms with Crippen LogP contribution in [-0.2, 0) is 32.7 Å². The van der Waals surface area contributed by atoms with Gasteiger partial charge in [-0.1, -0.05) is 279 Å². The first-order valence-electron chi connectivity index (χ1n) is 32.1. The van der Waals surface area contributed by atoms with Crippen LogP contribution < -0.4 is 5.73 Å². The molecule has 0 aliphatic heterocycles. The van der Waals surface area contributed by atoms with Crippen molar-refractivity contribution in [1.29, 1.82) is 0 Å². The van der Waals surface area contributed by atoms with Crippen molar-refractivity contribution in [3.63, 3.8) is 0 Å². The summed E-state index contributed by atoms with van der Waals surface area (Å²) in [6, 6.07) is 0. The van der Waals surface area contributed by atoms with Crippen molar-refractivity contribution < 1.29 is 37.6 Å². The smallest absolute Gasteiger partial charge is 0.462 e. The summed E-state index contributed by atoms with van der Waals surface area (Å²) in [6.45, 7) is 3.64. The number of ether oxygens (including phenoxy) is 2. The van der Waals surface area contributed by atoms with Crippen LogP contribution in [0.2, 0.25) is 0 Å². The van der Waals surface area contributed by atoms with Gasteiger partial charge < -0.3 is 20.1 Å². The summed E-state index contributed by atoms with van der Waals surface area (Å²) >= 11 is 0. The van der Waals surface area contributed by atoms with Crippen LogP contribution >= 0.6 is 7.82 Å². The van der Waals surface area contributed by atoms with Gasteiger partial charge in [-0.15, -0.1) is 0 Å². The van der Waals surface area contributed by atoms with Gasteiger partial charge >= 0.3 is 19.8 Å². The second-order valence-electron chi connectivity index (χ2n) is 21.2. The first-order valence-corrected chi connectivity index (χ1v) is 33.6. The van der Waals surface area contributed by atoms with E-state index in [0.717, 1.165) is 83.5 Å². The predicted octanol–water partition coefficient (Wildman–Crippen LogP) is 20.6. The van der Waals surface area contributed by atoms with Gasteiger partial charge in [-0.25, -0.2) is 4.57 Å². The van der Waals surface area contributed by atoms with Crippen molar-refractivity contribution in [2.75, 3.05) is 26.4 Å². The van der Waals surface area contributed by atoms with Crippen molar-refractivity contribution in [1.82, 2.24) is 0 Å². The zero-order valence-corrected chi connectivity index (χ0v) is 50.8. The minimum Gasteiger partial charge on any atom is -0.462 e. The van der Waals surface area contributed by atoms with E-state index in [1.165, 1.54) is 180 Å². The average molecular weight is 1100 g/mol. The molecular weight excluding hydrogens is 978 g/mol. The van der Waals surface area contributed by atoms with Gasteiger partial charge in [-0.2, -0.15) is 0 Å². The maximum atomic E-state index is 12.7. The number of carbonyl (C=O) groups is 2. The number of hydrogen-bond acceptors (Lipinski definition) is 8. The Morgan fingerprint density at radius 1 is 0.403 bits per heavy atom. The summed E-state index contributed by atoms with van der Waals surface area (Å²) in [4.78, 5) is 35.3. The van der Waals surface area contributed by atoms with Crippen LogP contribution in [0, 0.1) is 0 Å². The molecule has 0 heterocycles. The van der Waals surface area contributed by atoms with E-state index in [9.17, 15) is 19.0 Å². The summed E-state index contributed by atoms with van der Waals surface area (Å²) < 4.78 is 33.1. The van der Waals surface area contributed by atoms with Gasteiger partial charge in [0.15, 0.2) is 6.10 Å². The number of rotatable bonds is 60. The highest BCUT2D eigenvalue weighted by Crippen LogP contribution is 2.43. The van der Waals surface area contributed by atoms with Gasteiger partial charge in [0, 0.05) is 19.4 Å². The summed E-state index contributed by atoms with van der Waals surface area (Å²) in [5.41, 5.74) is 5.39. The van der Waals surface area contributed by atoms with Gasteiger partial charge in [-0.3, -0.25) is 18.6 Å². The lowest BCUT2D eigenvalue weighted by Gasteiger charge is -2.19. The number of hydrogen-bond donors (Lipinski definition) is 2. The number of esters is 2. The average Bonchev–Trinajstić information content (AvgIpc) is 3.42. The molecule has 0 fully saturated rings. The Kier molecular flexibility index (Phi) is 60.1. The molecule has 0 amide bonds. The van der Waals surface area contributed by atoms with Crippen LogP contribution in [0.15, 0.2) is 85.1 Å². The minimum absolute atomic E-state index is 0.0499. The molecule has 0 aromatic heterocycles. The largest absolute Gasteiger partial charge is 0.472 e. The van der Waals surface area contributed by atoms with E-state index in [1.54, 1.807) is 0 Å². The normalized spacial score (nSPS) is 13.6. The molecule has 0 radical (unpaired) electrons. The number of nitrogens with two attached hydrogens (primary N) is 1. The molecular formula is C67H120NO8P. The molecule has 77 heavy (non-hydrogen) atoms. The third-order valence-corrected chi connectivity index (χ3v) is 14.7. The fraction of sp³-hybridized carbons (Fsp3) is 0.761. The zero-order valence-electron chi connectivity index (χ0n) is 49.9. The molecule has 0 saturated carbocycles. The lowest BCUT2D eigenvalue weighted by molar-refractivity contribution is -0.161. The highest BCUT2D eigenvalue weighted by Gasteiger charge is 2.26. The monoisotopic (exact) mass is 1100 g/mol. The fourth-order valence-electron chi connectivity index (χ4n) is 9.05. The first kappa shape index (κ1) is 74.2. The van der Waals surface area contributed by atoms with Crippen molar-refractivity contribution in [3.05, 3.63) is 85.1 Å². The Morgan fingerprint density at radius 2 is 0.714 bits per heavy atom. The molecule has 0 saturated heterocycles. The van der Waals surface area contributed by atoms with Crippen LogP contribution in [0.3, 0.4) is 0 Å². The van der Waals surface area contributed by atoms with E-state index >= 15 is 0 Å². The molecule has 0 aliphatic carbocycles. The van der Waals surface area contributed by atoms with E-state index in [4.69, 9.17) is 24.3 Å². The molecule has 0 spiro atoms. The molecule has 446 valence electrons. The minimum atomic E-state index is -4.40. The molecule has 2 atom stereocenters. The maximum absolute atomic E-state index is 12.7. The number of unbranched alkanes of at least 4 members (excludes halogenated alkanes) is 33. The number of phosphoric ester groups is 1. The first-order chi connectivity index (χ1) is 37.8. The van der Waals surface area contributed by atoms with Crippen molar-refractivity contribution in [3.8, 4) is 0 Å². The predicted molar refractivity (Wildman–Crippen MR) is 330 cm³/mol. The molecule has 2 unspecified atom stereocenters. The van der Waals surface area contributed by atoms with Gasteiger partial charge in [0.1, 0.15) is 6.61 Å². The second-order valence-corrected chi connectivity index (χ2v) is 22.7. The van der Waals surface area contributed by atoms with E-state index in [-0.39, 0.29) is 38.6 Å². The van der Waals surface area contributed by atoms with Crippen LogP contribution in [0.5, 0.6) is 0 Å². The van der Waals surface area contributed by atoms with Crippen molar-refractivity contribution in [2.45, 2.75) is 302 Å². The molecule has 3 N–H and O–H groups in total. The third kappa shape index (κ3) is 62.3. The van der Waals surface area contributed by atoms with E-state index < -0.39 is 26.5 Å². The number of carbonyl (C=O) groups excluding carboxylic acids is 2. The Hall–Kier alpha value is -2.81. The van der Waals surface area contributed by atoms with Gasteiger partial charge in [0.25, 0.3) is 0 Å². The Bertz CT molecular complexity index is 1530. The summed E-state index contributed by atoms with van der Waals surface area (Å²) in [7, 11) is -4.40. The van der Waals surface area contributed by atoms with Gasteiger partial charge in [-0.05, 0) is 89.9 Å². The van der Waals surface area contributed by atoms with Crippen molar-refractivity contribution in [2.24, 2.45) is 5.73 Å². The topological polar surface area (TPSA) is 134 Å². The molecule has 0 bridgehead atoms.